The molecule has 0 aromatic heterocycles. The van der Waals surface area contributed by atoms with Crippen molar-refractivity contribution < 1.29 is 9.53 Å². The van der Waals surface area contributed by atoms with Crippen molar-refractivity contribution in [2.45, 2.75) is 50.7 Å². The monoisotopic (exact) mass is 288 g/mol. The van der Waals surface area contributed by atoms with Gasteiger partial charge in [0, 0.05) is 18.6 Å². The first-order chi connectivity index (χ1) is 8.83. The summed E-state index contributed by atoms with van der Waals surface area (Å²) in [6.45, 7) is 2.36. The highest BCUT2D eigenvalue weighted by atomic mass is 35.5. The molecule has 2 N–H and O–H groups in total. The molecule has 0 aromatic carbocycles. The summed E-state index contributed by atoms with van der Waals surface area (Å²) in [4.78, 5) is 11.9. The predicted octanol–water partition coefficient (Wildman–Crippen LogP) is 1.48. The lowest BCUT2D eigenvalue weighted by Crippen LogP contribution is -2.48. The van der Waals surface area contributed by atoms with Crippen LogP contribution in [0.25, 0.3) is 0 Å². The number of hydrogen-bond acceptors (Lipinski definition) is 3. The van der Waals surface area contributed by atoms with Gasteiger partial charge in [-0.3, -0.25) is 4.79 Å². The molecule has 0 radical (unpaired) electrons. The Morgan fingerprint density at radius 3 is 2.79 bits per heavy atom. The zero-order valence-electron chi connectivity index (χ0n) is 11.4. The van der Waals surface area contributed by atoms with E-state index in [0.717, 1.165) is 31.9 Å². The molecule has 3 rings (SSSR count). The van der Waals surface area contributed by atoms with E-state index in [0.29, 0.717) is 24.6 Å². The maximum atomic E-state index is 11.9. The van der Waals surface area contributed by atoms with Gasteiger partial charge in [-0.2, -0.15) is 0 Å². The van der Waals surface area contributed by atoms with Crippen LogP contribution in [0.4, 0.5) is 0 Å². The lowest BCUT2D eigenvalue weighted by atomic mass is 9.82. The molecular formula is C14H25ClN2O2. The van der Waals surface area contributed by atoms with Crippen LogP contribution in [0.15, 0.2) is 0 Å². The smallest absolute Gasteiger partial charge is 0.234 e. The lowest BCUT2D eigenvalue weighted by Gasteiger charge is -2.33. The summed E-state index contributed by atoms with van der Waals surface area (Å²) in [5, 5.41) is 6.46. The van der Waals surface area contributed by atoms with E-state index in [1.54, 1.807) is 0 Å². The summed E-state index contributed by atoms with van der Waals surface area (Å²) in [5.41, 5.74) is 0. The Morgan fingerprint density at radius 1 is 1.16 bits per heavy atom. The molecule has 1 saturated heterocycles. The average molecular weight is 289 g/mol. The van der Waals surface area contributed by atoms with Crippen LogP contribution in [-0.4, -0.2) is 37.7 Å². The minimum absolute atomic E-state index is 0. The van der Waals surface area contributed by atoms with Gasteiger partial charge in [0.15, 0.2) is 0 Å². The molecule has 3 unspecified atom stereocenters. The molecule has 5 heteroatoms. The average Bonchev–Trinajstić information content (AvgIpc) is 3.05. The minimum Gasteiger partial charge on any atom is -0.378 e. The summed E-state index contributed by atoms with van der Waals surface area (Å²) in [7, 11) is 0. The Kier molecular flexibility index (Phi) is 5.48. The molecule has 3 atom stereocenters. The summed E-state index contributed by atoms with van der Waals surface area (Å²) < 4.78 is 5.72. The van der Waals surface area contributed by atoms with Gasteiger partial charge in [-0.15, -0.1) is 12.4 Å². The predicted molar refractivity (Wildman–Crippen MR) is 76.5 cm³/mol. The van der Waals surface area contributed by atoms with Crippen molar-refractivity contribution in [3.05, 3.63) is 0 Å². The molecule has 3 aliphatic rings. The van der Waals surface area contributed by atoms with Crippen LogP contribution >= 0.6 is 12.4 Å². The van der Waals surface area contributed by atoms with E-state index in [1.165, 1.54) is 25.7 Å². The van der Waals surface area contributed by atoms with E-state index in [9.17, 15) is 4.79 Å². The fourth-order valence-electron chi connectivity index (χ4n) is 3.32. The number of amides is 1. The fraction of sp³-hybridized carbons (Fsp3) is 0.929. The molecule has 0 spiro atoms. The Morgan fingerprint density at radius 2 is 2.00 bits per heavy atom. The van der Waals surface area contributed by atoms with Crippen molar-refractivity contribution in [3.63, 3.8) is 0 Å². The van der Waals surface area contributed by atoms with E-state index >= 15 is 0 Å². The second kappa shape index (κ2) is 6.91. The molecule has 0 bridgehead atoms. The molecule has 1 heterocycles. The SMILES string of the molecule is Cl.O=C(CNCC1CC1)NC1CCCC2OCCC12. The zero-order valence-corrected chi connectivity index (χ0v) is 12.2. The second-order valence-electron chi connectivity index (χ2n) is 6.04. The molecular weight excluding hydrogens is 264 g/mol. The van der Waals surface area contributed by atoms with Crippen LogP contribution in [0, 0.1) is 11.8 Å². The van der Waals surface area contributed by atoms with Crippen LogP contribution in [0.2, 0.25) is 0 Å². The summed E-state index contributed by atoms with van der Waals surface area (Å²) >= 11 is 0. The van der Waals surface area contributed by atoms with Crippen molar-refractivity contribution in [1.82, 2.24) is 10.6 Å². The standard InChI is InChI=1S/C14H24N2O2.ClH/c17-14(9-15-8-10-4-5-10)16-12-2-1-3-13-11(12)6-7-18-13;/h10-13,15H,1-9H2,(H,16,17);1H. The third-order valence-corrected chi connectivity index (χ3v) is 4.54. The summed E-state index contributed by atoms with van der Waals surface area (Å²) in [6.07, 6.45) is 7.67. The minimum atomic E-state index is 0. The number of rotatable bonds is 5. The first-order valence-corrected chi connectivity index (χ1v) is 7.44. The molecule has 2 saturated carbocycles. The van der Waals surface area contributed by atoms with Gasteiger partial charge in [-0.05, 0) is 51.0 Å². The van der Waals surface area contributed by atoms with Crippen molar-refractivity contribution in [1.29, 1.82) is 0 Å². The molecule has 3 fully saturated rings. The normalized spacial score (nSPS) is 33.4. The van der Waals surface area contributed by atoms with E-state index in [2.05, 4.69) is 10.6 Å². The van der Waals surface area contributed by atoms with E-state index in [1.807, 2.05) is 0 Å². The van der Waals surface area contributed by atoms with E-state index < -0.39 is 0 Å². The van der Waals surface area contributed by atoms with Crippen molar-refractivity contribution in [2.24, 2.45) is 11.8 Å². The Bertz CT molecular complexity index is 310. The Balaban J connectivity index is 0.00000133. The van der Waals surface area contributed by atoms with Gasteiger partial charge in [-0.1, -0.05) is 0 Å². The fourth-order valence-corrected chi connectivity index (χ4v) is 3.32. The van der Waals surface area contributed by atoms with Crippen molar-refractivity contribution >= 4 is 18.3 Å². The summed E-state index contributed by atoms with van der Waals surface area (Å²) in [5.74, 6) is 1.56. The number of fused-ring (bicyclic) bond motifs is 1. The number of carbonyl (C=O) groups excluding carboxylic acids is 1. The van der Waals surface area contributed by atoms with Gasteiger partial charge < -0.3 is 15.4 Å². The maximum absolute atomic E-state index is 11.9. The number of hydrogen-bond donors (Lipinski definition) is 2. The highest BCUT2D eigenvalue weighted by Crippen LogP contribution is 2.34. The third kappa shape index (κ3) is 4.07. The molecule has 1 aliphatic heterocycles. The van der Waals surface area contributed by atoms with Gasteiger partial charge in [-0.25, -0.2) is 0 Å². The first-order valence-electron chi connectivity index (χ1n) is 7.44. The quantitative estimate of drug-likeness (QED) is 0.806. The van der Waals surface area contributed by atoms with Crippen LogP contribution in [-0.2, 0) is 9.53 Å². The number of ether oxygens (including phenoxy) is 1. The largest absolute Gasteiger partial charge is 0.378 e. The first kappa shape index (κ1) is 15.1. The lowest BCUT2D eigenvalue weighted by molar-refractivity contribution is -0.121. The highest BCUT2D eigenvalue weighted by molar-refractivity contribution is 5.85. The number of carbonyl (C=O) groups is 1. The Labute approximate surface area is 121 Å². The van der Waals surface area contributed by atoms with Gasteiger partial charge in [0.25, 0.3) is 0 Å². The topological polar surface area (TPSA) is 50.4 Å². The number of nitrogens with one attached hydrogen (secondary N) is 2. The molecule has 2 aliphatic carbocycles. The molecule has 110 valence electrons. The second-order valence-corrected chi connectivity index (χ2v) is 6.04. The summed E-state index contributed by atoms with van der Waals surface area (Å²) in [6, 6.07) is 0.349. The third-order valence-electron chi connectivity index (χ3n) is 4.54. The van der Waals surface area contributed by atoms with Gasteiger partial charge >= 0.3 is 0 Å². The Hall–Kier alpha value is -0.320. The molecule has 1 amide bonds. The van der Waals surface area contributed by atoms with Crippen molar-refractivity contribution in [2.75, 3.05) is 19.7 Å². The van der Waals surface area contributed by atoms with Crippen LogP contribution < -0.4 is 10.6 Å². The molecule has 0 aromatic rings. The van der Waals surface area contributed by atoms with Crippen LogP contribution in [0.5, 0.6) is 0 Å². The maximum Gasteiger partial charge on any atom is 0.234 e. The molecule has 4 nitrogen and oxygen atoms in total. The van der Waals surface area contributed by atoms with E-state index in [-0.39, 0.29) is 18.3 Å². The van der Waals surface area contributed by atoms with Gasteiger partial charge in [0.05, 0.1) is 12.6 Å². The zero-order chi connectivity index (χ0) is 12.4. The van der Waals surface area contributed by atoms with Crippen LogP contribution in [0.1, 0.15) is 38.5 Å². The van der Waals surface area contributed by atoms with Crippen molar-refractivity contribution in [3.8, 4) is 0 Å². The van der Waals surface area contributed by atoms with E-state index in [4.69, 9.17) is 4.74 Å². The van der Waals surface area contributed by atoms with Crippen LogP contribution in [0.3, 0.4) is 0 Å². The van der Waals surface area contributed by atoms with Gasteiger partial charge in [0.2, 0.25) is 5.91 Å². The number of halogens is 1. The van der Waals surface area contributed by atoms with Gasteiger partial charge in [0.1, 0.15) is 0 Å². The highest BCUT2D eigenvalue weighted by Gasteiger charge is 2.38. The molecule has 19 heavy (non-hydrogen) atoms.